The molecule has 3 N–H and O–H groups in total. The molecule has 0 aliphatic heterocycles. The van der Waals surface area contributed by atoms with Crippen LogP contribution in [0.4, 0.5) is 0 Å². The maximum Gasteiger partial charge on any atom is 0.326 e. The van der Waals surface area contributed by atoms with Gasteiger partial charge in [0.15, 0.2) is 0 Å². The Labute approximate surface area is 106 Å². The average Bonchev–Trinajstić information content (AvgIpc) is 2.62. The van der Waals surface area contributed by atoms with Crippen molar-refractivity contribution in [3.63, 3.8) is 0 Å². The number of nitrogens with one attached hydrogen (secondary N) is 2. The average molecular weight is 253 g/mol. The summed E-state index contributed by atoms with van der Waals surface area (Å²) in [6.07, 6.45) is 0.507. The fourth-order valence-corrected chi connectivity index (χ4v) is 1.67. The zero-order valence-corrected chi connectivity index (χ0v) is 10.9. The van der Waals surface area contributed by atoms with E-state index in [2.05, 4.69) is 15.5 Å². The fourth-order valence-electron chi connectivity index (χ4n) is 1.67. The molecular formula is C12H19N3O3. The van der Waals surface area contributed by atoms with Crippen LogP contribution in [0.1, 0.15) is 31.7 Å². The van der Waals surface area contributed by atoms with E-state index in [0.29, 0.717) is 12.1 Å². The fraction of sp³-hybridized carbons (Fsp3) is 0.583. The standard InChI is InChI=1S/C12H19N3O3/c1-7(2)4-10(12(17)18)13-11(16)6-9-5-8(3)14-15-9/h5,7,10H,4,6H2,1-3H3,(H,13,16)(H,14,15)(H,17,18)/t10-/m1/s1. The van der Waals surface area contributed by atoms with Crippen LogP contribution in [0, 0.1) is 12.8 Å². The predicted octanol–water partition coefficient (Wildman–Crippen LogP) is 0.876. The van der Waals surface area contributed by atoms with Gasteiger partial charge in [0.05, 0.1) is 12.1 Å². The Bertz CT molecular complexity index is 426. The molecule has 0 aliphatic carbocycles. The molecule has 0 spiro atoms. The normalized spacial score (nSPS) is 12.4. The Morgan fingerprint density at radius 3 is 2.61 bits per heavy atom. The number of aliphatic carboxylic acids is 1. The van der Waals surface area contributed by atoms with Gasteiger partial charge in [-0.2, -0.15) is 5.10 Å². The second-order valence-electron chi connectivity index (χ2n) is 4.81. The first kappa shape index (κ1) is 14.2. The van der Waals surface area contributed by atoms with E-state index >= 15 is 0 Å². The van der Waals surface area contributed by atoms with Crippen LogP contribution in [0.5, 0.6) is 0 Å². The number of aromatic nitrogens is 2. The van der Waals surface area contributed by atoms with Crippen LogP contribution in [0.2, 0.25) is 0 Å². The zero-order valence-electron chi connectivity index (χ0n) is 10.9. The van der Waals surface area contributed by atoms with Gasteiger partial charge in [0, 0.05) is 5.69 Å². The number of aromatic amines is 1. The van der Waals surface area contributed by atoms with Crippen LogP contribution in [-0.2, 0) is 16.0 Å². The zero-order chi connectivity index (χ0) is 13.7. The lowest BCUT2D eigenvalue weighted by atomic mass is 10.0. The number of hydrogen-bond acceptors (Lipinski definition) is 3. The molecule has 1 aromatic rings. The predicted molar refractivity (Wildman–Crippen MR) is 66.1 cm³/mol. The Kier molecular flexibility index (Phi) is 4.88. The number of amides is 1. The lowest BCUT2D eigenvalue weighted by molar-refractivity contribution is -0.142. The van der Waals surface area contributed by atoms with Gasteiger partial charge < -0.3 is 10.4 Å². The third-order valence-electron chi connectivity index (χ3n) is 2.44. The summed E-state index contributed by atoms with van der Waals surface area (Å²) in [5.74, 6) is -1.12. The second-order valence-corrected chi connectivity index (χ2v) is 4.81. The van der Waals surface area contributed by atoms with Gasteiger partial charge in [0.25, 0.3) is 0 Å². The smallest absolute Gasteiger partial charge is 0.326 e. The Morgan fingerprint density at radius 2 is 2.17 bits per heavy atom. The van der Waals surface area contributed by atoms with Crippen molar-refractivity contribution in [1.29, 1.82) is 0 Å². The maximum absolute atomic E-state index is 11.7. The molecule has 0 unspecified atom stereocenters. The van der Waals surface area contributed by atoms with E-state index in [0.717, 1.165) is 5.69 Å². The number of aryl methyl sites for hydroxylation is 1. The van der Waals surface area contributed by atoms with Crippen LogP contribution >= 0.6 is 0 Å². The number of carbonyl (C=O) groups is 2. The summed E-state index contributed by atoms with van der Waals surface area (Å²) in [4.78, 5) is 22.7. The highest BCUT2D eigenvalue weighted by molar-refractivity contribution is 5.84. The van der Waals surface area contributed by atoms with Crippen molar-refractivity contribution in [2.24, 2.45) is 5.92 Å². The third kappa shape index (κ3) is 4.57. The van der Waals surface area contributed by atoms with Crippen LogP contribution in [0.25, 0.3) is 0 Å². The van der Waals surface area contributed by atoms with Gasteiger partial charge in [0.2, 0.25) is 5.91 Å². The van der Waals surface area contributed by atoms with E-state index < -0.39 is 12.0 Å². The van der Waals surface area contributed by atoms with Crippen LogP contribution in [-0.4, -0.2) is 33.2 Å². The summed E-state index contributed by atoms with van der Waals surface area (Å²) in [5, 5.41) is 18.2. The summed E-state index contributed by atoms with van der Waals surface area (Å²) in [6.45, 7) is 5.67. The molecule has 100 valence electrons. The second kappa shape index (κ2) is 6.18. The molecule has 1 atom stereocenters. The Morgan fingerprint density at radius 1 is 1.50 bits per heavy atom. The van der Waals surface area contributed by atoms with Gasteiger partial charge in [-0.05, 0) is 25.3 Å². The van der Waals surface area contributed by atoms with Crippen molar-refractivity contribution in [3.8, 4) is 0 Å². The molecule has 0 aromatic carbocycles. The van der Waals surface area contributed by atoms with Crippen LogP contribution in [0.3, 0.4) is 0 Å². The van der Waals surface area contributed by atoms with E-state index in [1.54, 1.807) is 6.07 Å². The lowest BCUT2D eigenvalue weighted by Gasteiger charge is -2.16. The van der Waals surface area contributed by atoms with Crippen LogP contribution < -0.4 is 5.32 Å². The molecule has 0 saturated carbocycles. The van der Waals surface area contributed by atoms with Gasteiger partial charge >= 0.3 is 5.97 Å². The number of carboxylic acids is 1. The van der Waals surface area contributed by atoms with Crippen molar-refractivity contribution in [2.75, 3.05) is 0 Å². The lowest BCUT2D eigenvalue weighted by Crippen LogP contribution is -2.42. The summed E-state index contributed by atoms with van der Waals surface area (Å²) in [7, 11) is 0. The Balaban J connectivity index is 2.53. The molecule has 1 heterocycles. The molecule has 6 heteroatoms. The van der Waals surface area contributed by atoms with E-state index in [1.165, 1.54) is 0 Å². The van der Waals surface area contributed by atoms with Gasteiger partial charge in [0.1, 0.15) is 6.04 Å². The highest BCUT2D eigenvalue weighted by atomic mass is 16.4. The number of nitrogens with zero attached hydrogens (tertiary/aromatic N) is 1. The molecule has 1 amide bonds. The molecule has 6 nitrogen and oxygen atoms in total. The maximum atomic E-state index is 11.7. The minimum Gasteiger partial charge on any atom is -0.480 e. The van der Waals surface area contributed by atoms with Crippen molar-refractivity contribution >= 4 is 11.9 Å². The first-order valence-corrected chi connectivity index (χ1v) is 5.91. The molecule has 1 rings (SSSR count). The third-order valence-corrected chi connectivity index (χ3v) is 2.44. The van der Waals surface area contributed by atoms with Crippen LogP contribution in [0.15, 0.2) is 6.07 Å². The molecular weight excluding hydrogens is 234 g/mol. The summed E-state index contributed by atoms with van der Waals surface area (Å²) in [6, 6.07) is 0.926. The quantitative estimate of drug-likeness (QED) is 0.701. The first-order chi connectivity index (χ1) is 8.38. The monoisotopic (exact) mass is 253 g/mol. The van der Waals surface area contributed by atoms with E-state index in [1.807, 2.05) is 20.8 Å². The van der Waals surface area contributed by atoms with Gasteiger partial charge in [-0.15, -0.1) is 0 Å². The summed E-state index contributed by atoms with van der Waals surface area (Å²) in [5.41, 5.74) is 1.48. The van der Waals surface area contributed by atoms with E-state index in [-0.39, 0.29) is 18.2 Å². The molecule has 18 heavy (non-hydrogen) atoms. The topological polar surface area (TPSA) is 95.1 Å². The SMILES string of the molecule is Cc1cc(CC(=O)N[C@H](CC(C)C)C(=O)O)n[nH]1. The van der Waals surface area contributed by atoms with Gasteiger partial charge in [-0.25, -0.2) is 4.79 Å². The Hall–Kier alpha value is -1.85. The minimum atomic E-state index is -1.00. The molecule has 0 fully saturated rings. The first-order valence-electron chi connectivity index (χ1n) is 5.91. The van der Waals surface area contributed by atoms with Crippen molar-refractivity contribution in [3.05, 3.63) is 17.5 Å². The number of carboxylic acid groups (broad SMARTS) is 1. The highest BCUT2D eigenvalue weighted by Gasteiger charge is 2.21. The molecule has 0 radical (unpaired) electrons. The molecule has 0 saturated heterocycles. The summed E-state index contributed by atoms with van der Waals surface area (Å²) < 4.78 is 0. The van der Waals surface area contributed by atoms with Crippen molar-refractivity contribution in [2.45, 2.75) is 39.7 Å². The largest absolute Gasteiger partial charge is 0.480 e. The molecule has 0 bridgehead atoms. The number of carbonyl (C=O) groups excluding carboxylic acids is 1. The van der Waals surface area contributed by atoms with E-state index in [9.17, 15) is 9.59 Å². The van der Waals surface area contributed by atoms with E-state index in [4.69, 9.17) is 5.11 Å². The minimum absolute atomic E-state index is 0.0895. The van der Waals surface area contributed by atoms with Gasteiger partial charge in [-0.3, -0.25) is 9.89 Å². The number of rotatable bonds is 6. The number of H-pyrrole nitrogens is 1. The molecule has 0 aliphatic rings. The van der Waals surface area contributed by atoms with Crippen molar-refractivity contribution in [1.82, 2.24) is 15.5 Å². The summed E-state index contributed by atoms with van der Waals surface area (Å²) >= 11 is 0. The molecule has 1 aromatic heterocycles. The van der Waals surface area contributed by atoms with Crippen molar-refractivity contribution < 1.29 is 14.7 Å². The highest BCUT2D eigenvalue weighted by Crippen LogP contribution is 2.06. The van der Waals surface area contributed by atoms with Gasteiger partial charge in [-0.1, -0.05) is 13.8 Å². The number of hydrogen-bond donors (Lipinski definition) is 3.